The zero-order valence-electron chi connectivity index (χ0n) is 8.62. The summed E-state index contributed by atoms with van der Waals surface area (Å²) in [4.78, 5) is 9.24. The Morgan fingerprint density at radius 1 is 1.33 bits per heavy atom. The van der Waals surface area contributed by atoms with E-state index in [2.05, 4.69) is 20.8 Å². The van der Waals surface area contributed by atoms with E-state index in [1.807, 2.05) is 6.07 Å². The number of benzene rings is 1. The third kappa shape index (κ3) is 3.37. The normalized spacial score (nSPS) is 10.3. The van der Waals surface area contributed by atoms with Gasteiger partial charge >= 0.3 is 0 Å². The number of ether oxygens (including phenoxy) is 1. The highest BCUT2D eigenvalue weighted by Crippen LogP contribution is 2.35. The maximum Gasteiger partial charge on any atom is 0.172 e. The van der Waals surface area contributed by atoms with E-state index < -0.39 is 0 Å². The molecule has 5 heteroatoms. The fraction of sp³-hybridized carbons (Fsp3) is 0.400. The molecule has 4 nitrogen and oxygen atoms in total. The summed E-state index contributed by atoms with van der Waals surface area (Å²) in [6.45, 7) is 0.455. The summed E-state index contributed by atoms with van der Waals surface area (Å²) in [6, 6.07) is 3.58. The molecule has 0 saturated heterocycles. The van der Waals surface area contributed by atoms with Crippen molar-refractivity contribution in [2.45, 2.75) is 6.42 Å². The Bertz CT molecular complexity index is 327. The zero-order valence-corrected chi connectivity index (χ0v) is 10.2. The van der Waals surface area contributed by atoms with Crippen molar-refractivity contribution < 1.29 is 19.6 Å². The highest BCUT2D eigenvalue weighted by molar-refractivity contribution is 9.10. The van der Waals surface area contributed by atoms with Crippen LogP contribution in [0.15, 0.2) is 16.6 Å². The number of rotatable bonds is 5. The SMILES string of the molecule is COOCCc1cc(Br)c(O)c(OC)c1. The molecule has 0 bridgehead atoms. The van der Waals surface area contributed by atoms with Gasteiger partial charge in [0, 0.05) is 0 Å². The van der Waals surface area contributed by atoms with Crippen LogP contribution in [-0.2, 0) is 16.2 Å². The molecule has 0 aliphatic carbocycles. The Balaban J connectivity index is 2.77. The number of methoxy groups -OCH3 is 1. The molecule has 84 valence electrons. The first kappa shape index (κ1) is 12.3. The molecule has 0 aliphatic heterocycles. The van der Waals surface area contributed by atoms with Gasteiger partial charge in [-0.05, 0) is 40.0 Å². The van der Waals surface area contributed by atoms with Crippen molar-refractivity contribution >= 4 is 15.9 Å². The first-order chi connectivity index (χ1) is 7.19. The van der Waals surface area contributed by atoms with Crippen LogP contribution in [0.4, 0.5) is 0 Å². The summed E-state index contributed by atoms with van der Waals surface area (Å²) in [5.74, 6) is 0.547. The van der Waals surface area contributed by atoms with Crippen LogP contribution in [0.1, 0.15) is 5.56 Å². The summed E-state index contributed by atoms with van der Waals surface area (Å²) in [6.07, 6.45) is 0.684. The van der Waals surface area contributed by atoms with Crippen LogP contribution < -0.4 is 4.74 Å². The van der Waals surface area contributed by atoms with Crippen molar-refractivity contribution in [3.8, 4) is 11.5 Å². The van der Waals surface area contributed by atoms with Crippen molar-refractivity contribution in [1.82, 2.24) is 0 Å². The molecular formula is C10H13BrO4. The Morgan fingerprint density at radius 3 is 2.67 bits per heavy atom. The van der Waals surface area contributed by atoms with E-state index >= 15 is 0 Å². The third-order valence-corrected chi connectivity index (χ3v) is 2.50. The van der Waals surface area contributed by atoms with E-state index in [1.165, 1.54) is 14.2 Å². The molecule has 0 spiro atoms. The maximum absolute atomic E-state index is 9.57. The second kappa shape index (κ2) is 5.95. The van der Waals surface area contributed by atoms with Crippen LogP contribution in [0.25, 0.3) is 0 Å². The molecular weight excluding hydrogens is 264 g/mol. The summed E-state index contributed by atoms with van der Waals surface area (Å²) in [5.41, 5.74) is 0.994. The van der Waals surface area contributed by atoms with Gasteiger partial charge in [0.05, 0.1) is 25.3 Å². The average Bonchev–Trinajstić information content (AvgIpc) is 2.23. The van der Waals surface area contributed by atoms with Crippen molar-refractivity contribution in [2.24, 2.45) is 0 Å². The third-order valence-electron chi connectivity index (χ3n) is 1.90. The molecule has 0 unspecified atom stereocenters. The number of halogens is 1. The van der Waals surface area contributed by atoms with Crippen LogP contribution in [0.2, 0.25) is 0 Å². The number of aromatic hydroxyl groups is 1. The number of hydrogen-bond acceptors (Lipinski definition) is 4. The smallest absolute Gasteiger partial charge is 0.172 e. The van der Waals surface area contributed by atoms with E-state index in [0.717, 1.165) is 5.56 Å². The highest BCUT2D eigenvalue weighted by Gasteiger charge is 2.08. The molecule has 0 saturated carbocycles. The van der Waals surface area contributed by atoms with Gasteiger partial charge in [0.1, 0.15) is 0 Å². The lowest BCUT2D eigenvalue weighted by Crippen LogP contribution is -1.98. The largest absolute Gasteiger partial charge is 0.503 e. The topological polar surface area (TPSA) is 47.9 Å². The summed E-state index contributed by atoms with van der Waals surface area (Å²) in [7, 11) is 2.98. The fourth-order valence-electron chi connectivity index (χ4n) is 1.17. The molecule has 1 N–H and O–H groups in total. The minimum Gasteiger partial charge on any atom is -0.503 e. The molecule has 1 aromatic rings. The average molecular weight is 277 g/mol. The molecule has 0 radical (unpaired) electrons. The lowest BCUT2D eigenvalue weighted by Gasteiger charge is -2.08. The molecule has 1 aromatic carbocycles. The van der Waals surface area contributed by atoms with E-state index in [0.29, 0.717) is 23.2 Å². The number of phenolic OH excluding ortho intramolecular Hbond substituents is 1. The Morgan fingerprint density at radius 2 is 2.07 bits per heavy atom. The van der Waals surface area contributed by atoms with Gasteiger partial charge in [-0.15, -0.1) is 0 Å². The second-order valence-electron chi connectivity index (χ2n) is 2.87. The minimum atomic E-state index is 0.105. The van der Waals surface area contributed by atoms with Crippen LogP contribution >= 0.6 is 15.9 Å². The van der Waals surface area contributed by atoms with Gasteiger partial charge in [0.25, 0.3) is 0 Å². The van der Waals surface area contributed by atoms with Gasteiger partial charge in [-0.25, -0.2) is 9.78 Å². The van der Waals surface area contributed by atoms with Crippen molar-refractivity contribution in [3.63, 3.8) is 0 Å². The fourth-order valence-corrected chi connectivity index (χ4v) is 1.66. The summed E-state index contributed by atoms with van der Waals surface area (Å²) < 4.78 is 5.63. The van der Waals surface area contributed by atoms with Gasteiger partial charge in [0.15, 0.2) is 11.5 Å². The molecule has 1 rings (SSSR count). The van der Waals surface area contributed by atoms with Crippen molar-refractivity contribution in [3.05, 3.63) is 22.2 Å². The molecule has 15 heavy (non-hydrogen) atoms. The second-order valence-corrected chi connectivity index (χ2v) is 3.72. The summed E-state index contributed by atoms with van der Waals surface area (Å²) >= 11 is 3.24. The maximum atomic E-state index is 9.57. The van der Waals surface area contributed by atoms with E-state index in [4.69, 9.17) is 9.62 Å². The van der Waals surface area contributed by atoms with Crippen LogP contribution in [0, 0.1) is 0 Å². The number of hydrogen-bond donors (Lipinski definition) is 1. The predicted octanol–water partition coefficient (Wildman–Crippen LogP) is 2.28. The van der Waals surface area contributed by atoms with Crippen molar-refractivity contribution in [1.29, 1.82) is 0 Å². The van der Waals surface area contributed by atoms with Gasteiger partial charge in [-0.2, -0.15) is 0 Å². The Kier molecular flexibility index (Phi) is 4.87. The van der Waals surface area contributed by atoms with Crippen molar-refractivity contribution in [2.75, 3.05) is 20.8 Å². The molecule has 0 fully saturated rings. The van der Waals surface area contributed by atoms with Gasteiger partial charge in [-0.3, -0.25) is 0 Å². The van der Waals surface area contributed by atoms with Crippen LogP contribution in [0.5, 0.6) is 11.5 Å². The van der Waals surface area contributed by atoms with Gasteiger partial charge < -0.3 is 9.84 Å². The first-order valence-corrected chi connectivity index (χ1v) is 5.19. The lowest BCUT2D eigenvalue weighted by atomic mass is 10.1. The molecule has 0 heterocycles. The predicted molar refractivity (Wildman–Crippen MR) is 59.0 cm³/mol. The quantitative estimate of drug-likeness (QED) is 0.509. The minimum absolute atomic E-state index is 0.105. The van der Waals surface area contributed by atoms with E-state index in [9.17, 15) is 5.11 Å². The van der Waals surface area contributed by atoms with Gasteiger partial charge in [0.2, 0.25) is 0 Å². The first-order valence-electron chi connectivity index (χ1n) is 4.40. The molecule has 0 atom stereocenters. The number of phenols is 1. The van der Waals surface area contributed by atoms with Crippen LogP contribution in [-0.4, -0.2) is 25.9 Å². The molecule has 0 aromatic heterocycles. The molecule has 0 aliphatic rings. The van der Waals surface area contributed by atoms with E-state index in [1.54, 1.807) is 6.07 Å². The van der Waals surface area contributed by atoms with Gasteiger partial charge in [-0.1, -0.05) is 0 Å². The standard InChI is InChI=1S/C10H13BrO4/c1-13-9-6-7(3-4-15-14-2)5-8(11)10(9)12/h5-6,12H,3-4H2,1-2H3. The highest BCUT2D eigenvalue weighted by atomic mass is 79.9. The monoisotopic (exact) mass is 276 g/mol. The Hall–Kier alpha value is -0.780. The summed E-state index contributed by atoms with van der Waals surface area (Å²) in [5, 5.41) is 9.57. The van der Waals surface area contributed by atoms with E-state index in [-0.39, 0.29) is 5.75 Å². The molecule has 0 amide bonds. The lowest BCUT2D eigenvalue weighted by molar-refractivity contribution is -0.271. The van der Waals surface area contributed by atoms with Crippen LogP contribution in [0.3, 0.4) is 0 Å². The zero-order chi connectivity index (χ0) is 11.3. The Labute approximate surface area is 96.8 Å².